The van der Waals surface area contributed by atoms with Crippen molar-refractivity contribution in [1.29, 1.82) is 0 Å². The van der Waals surface area contributed by atoms with Gasteiger partial charge in [-0.05, 0) is 55.7 Å². The number of nitrogens with zero attached hydrogens (tertiary/aromatic N) is 1. The van der Waals surface area contributed by atoms with Crippen molar-refractivity contribution in [2.24, 2.45) is 0 Å². The van der Waals surface area contributed by atoms with Crippen molar-refractivity contribution in [2.45, 2.75) is 38.3 Å². The summed E-state index contributed by atoms with van der Waals surface area (Å²) in [6.45, 7) is 3.82. The second-order valence-electron chi connectivity index (χ2n) is 7.16. The zero-order valence-electron chi connectivity index (χ0n) is 15.9. The molecule has 1 saturated heterocycles. The third-order valence-corrected chi connectivity index (χ3v) is 5.38. The number of amides is 1. The molecule has 0 spiro atoms. The first-order chi connectivity index (χ1) is 13.6. The van der Waals surface area contributed by atoms with E-state index < -0.39 is 6.10 Å². The normalized spacial score (nSPS) is 19.8. The summed E-state index contributed by atoms with van der Waals surface area (Å²) < 4.78 is 17.4. The Balaban J connectivity index is 1.50. The molecule has 0 unspecified atom stereocenters. The maximum atomic E-state index is 13.1. The fourth-order valence-electron chi connectivity index (χ4n) is 3.79. The highest BCUT2D eigenvalue weighted by Gasteiger charge is 2.33. The molecule has 2 aromatic carbocycles. The Bertz CT molecular complexity index is 856. The molecule has 2 aliphatic rings. The van der Waals surface area contributed by atoms with Gasteiger partial charge in [-0.2, -0.15) is 0 Å². The smallest absolute Gasteiger partial charge is 0.263 e. The lowest BCUT2D eigenvalue weighted by Crippen LogP contribution is -2.40. The molecule has 4 rings (SSSR count). The van der Waals surface area contributed by atoms with E-state index >= 15 is 0 Å². The van der Waals surface area contributed by atoms with Gasteiger partial charge in [-0.1, -0.05) is 23.7 Å². The SMILES string of the molecule is C[C@@H](Oc1cccc(Cl)c1)C(=O)N1CCC[C@H]1c1ccc2c(c1)OCCCO2. The Kier molecular flexibility index (Phi) is 5.62. The van der Waals surface area contributed by atoms with Crippen molar-refractivity contribution in [3.8, 4) is 17.2 Å². The zero-order valence-corrected chi connectivity index (χ0v) is 16.7. The molecule has 0 aliphatic carbocycles. The van der Waals surface area contributed by atoms with E-state index in [0.29, 0.717) is 24.0 Å². The number of carbonyl (C=O) groups excluding carboxylic acids is 1. The zero-order chi connectivity index (χ0) is 19.5. The number of halogens is 1. The van der Waals surface area contributed by atoms with Gasteiger partial charge in [0, 0.05) is 18.0 Å². The predicted octanol–water partition coefficient (Wildman–Crippen LogP) is 4.63. The van der Waals surface area contributed by atoms with Crippen molar-refractivity contribution >= 4 is 17.5 Å². The first-order valence-electron chi connectivity index (χ1n) is 9.74. The Morgan fingerprint density at radius 2 is 1.96 bits per heavy atom. The summed E-state index contributed by atoms with van der Waals surface area (Å²) in [4.78, 5) is 15.0. The van der Waals surface area contributed by atoms with Gasteiger partial charge in [0.1, 0.15) is 5.75 Å². The summed E-state index contributed by atoms with van der Waals surface area (Å²) >= 11 is 6.01. The van der Waals surface area contributed by atoms with Gasteiger partial charge < -0.3 is 19.1 Å². The van der Waals surface area contributed by atoms with Crippen molar-refractivity contribution in [3.63, 3.8) is 0 Å². The van der Waals surface area contributed by atoms with Gasteiger partial charge in [0.2, 0.25) is 0 Å². The number of hydrogen-bond donors (Lipinski definition) is 0. The van der Waals surface area contributed by atoms with E-state index in [2.05, 4.69) is 0 Å². The van der Waals surface area contributed by atoms with Crippen LogP contribution in [0.25, 0.3) is 0 Å². The van der Waals surface area contributed by atoms with Crippen molar-refractivity contribution in [3.05, 3.63) is 53.1 Å². The van der Waals surface area contributed by atoms with E-state index in [-0.39, 0.29) is 11.9 Å². The van der Waals surface area contributed by atoms with E-state index in [1.54, 1.807) is 25.1 Å². The van der Waals surface area contributed by atoms with Gasteiger partial charge in [-0.3, -0.25) is 4.79 Å². The molecule has 0 saturated carbocycles. The summed E-state index contributed by atoms with van der Waals surface area (Å²) in [5.74, 6) is 2.11. The topological polar surface area (TPSA) is 48.0 Å². The van der Waals surface area contributed by atoms with E-state index in [9.17, 15) is 4.79 Å². The number of benzene rings is 2. The second kappa shape index (κ2) is 8.31. The van der Waals surface area contributed by atoms with Crippen LogP contribution >= 0.6 is 11.6 Å². The number of fused-ring (bicyclic) bond motifs is 1. The third kappa shape index (κ3) is 4.04. The number of hydrogen-bond acceptors (Lipinski definition) is 4. The van der Waals surface area contributed by atoms with Gasteiger partial charge >= 0.3 is 0 Å². The van der Waals surface area contributed by atoms with Crippen LogP contribution in [0.1, 0.15) is 37.8 Å². The Labute approximate surface area is 170 Å². The summed E-state index contributed by atoms with van der Waals surface area (Å²) in [5, 5.41) is 0.586. The predicted molar refractivity (Wildman–Crippen MR) is 107 cm³/mol. The molecule has 148 valence electrons. The van der Waals surface area contributed by atoms with Crippen molar-refractivity contribution in [2.75, 3.05) is 19.8 Å². The average Bonchev–Trinajstić information content (AvgIpc) is 3.06. The molecule has 0 radical (unpaired) electrons. The number of likely N-dealkylation sites (tertiary alicyclic amines) is 1. The first kappa shape index (κ1) is 18.9. The van der Waals surface area contributed by atoms with E-state index in [1.165, 1.54) is 0 Å². The molecule has 0 aromatic heterocycles. The van der Waals surface area contributed by atoms with Crippen molar-refractivity contribution < 1.29 is 19.0 Å². The maximum Gasteiger partial charge on any atom is 0.263 e. The molecule has 5 nitrogen and oxygen atoms in total. The van der Waals surface area contributed by atoms with Gasteiger partial charge in [0.25, 0.3) is 5.91 Å². The highest BCUT2D eigenvalue weighted by molar-refractivity contribution is 6.30. The standard InChI is InChI=1S/C22H24ClNO4/c1-15(28-18-6-2-5-17(23)14-18)22(25)24-10-3-7-19(24)16-8-9-20-21(13-16)27-12-4-11-26-20/h2,5-6,8-9,13-15,19H,3-4,7,10-12H2,1H3/t15-,19+/m1/s1. The van der Waals surface area contributed by atoms with Crippen LogP contribution < -0.4 is 14.2 Å². The third-order valence-electron chi connectivity index (χ3n) is 5.15. The van der Waals surface area contributed by atoms with Crippen LogP contribution in [-0.2, 0) is 4.79 Å². The first-order valence-corrected chi connectivity index (χ1v) is 10.1. The Morgan fingerprint density at radius 1 is 1.14 bits per heavy atom. The molecular weight excluding hydrogens is 378 g/mol. The molecule has 1 fully saturated rings. The lowest BCUT2D eigenvalue weighted by atomic mass is 10.0. The summed E-state index contributed by atoms with van der Waals surface area (Å²) in [7, 11) is 0. The molecule has 6 heteroatoms. The fourth-order valence-corrected chi connectivity index (χ4v) is 3.97. The average molecular weight is 402 g/mol. The number of carbonyl (C=O) groups is 1. The fraction of sp³-hybridized carbons (Fsp3) is 0.409. The molecule has 0 bridgehead atoms. The molecule has 2 aromatic rings. The van der Waals surface area contributed by atoms with Gasteiger partial charge in [0.15, 0.2) is 17.6 Å². The van der Waals surface area contributed by atoms with Crippen LogP contribution in [0.4, 0.5) is 0 Å². The minimum Gasteiger partial charge on any atom is -0.490 e. The van der Waals surface area contributed by atoms with Crippen LogP contribution in [0.15, 0.2) is 42.5 Å². The van der Waals surface area contributed by atoms with Crippen LogP contribution in [0.3, 0.4) is 0 Å². The van der Waals surface area contributed by atoms with Gasteiger partial charge in [-0.25, -0.2) is 0 Å². The summed E-state index contributed by atoms with van der Waals surface area (Å²) in [6, 6.07) is 13.1. The molecule has 1 amide bonds. The largest absolute Gasteiger partial charge is 0.490 e. The van der Waals surface area contributed by atoms with Crippen LogP contribution in [0.5, 0.6) is 17.2 Å². The van der Waals surface area contributed by atoms with Crippen LogP contribution in [0.2, 0.25) is 5.02 Å². The van der Waals surface area contributed by atoms with Gasteiger partial charge in [-0.15, -0.1) is 0 Å². The minimum atomic E-state index is -0.584. The van der Waals surface area contributed by atoms with Crippen molar-refractivity contribution in [1.82, 2.24) is 4.90 Å². The molecule has 2 aliphatic heterocycles. The lowest BCUT2D eigenvalue weighted by molar-refractivity contribution is -0.138. The monoisotopic (exact) mass is 401 g/mol. The molecule has 2 heterocycles. The maximum absolute atomic E-state index is 13.1. The molecule has 28 heavy (non-hydrogen) atoms. The Morgan fingerprint density at radius 3 is 2.79 bits per heavy atom. The van der Waals surface area contributed by atoms with Crippen LogP contribution in [-0.4, -0.2) is 36.7 Å². The molecule has 2 atom stereocenters. The quantitative estimate of drug-likeness (QED) is 0.749. The van der Waals surface area contributed by atoms with Crippen LogP contribution in [0, 0.1) is 0 Å². The number of ether oxygens (including phenoxy) is 3. The number of rotatable bonds is 4. The van der Waals surface area contributed by atoms with E-state index in [1.807, 2.05) is 29.2 Å². The van der Waals surface area contributed by atoms with E-state index in [0.717, 1.165) is 42.9 Å². The highest BCUT2D eigenvalue weighted by Crippen LogP contribution is 2.38. The summed E-state index contributed by atoms with van der Waals surface area (Å²) in [5.41, 5.74) is 1.07. The molecular formula is C22H24ClNO4. The summed E-state index contributed by atoms with van der Waals surface area (Å²) in [6.07, 6.45) is 2.18. The lowest BCUT2D eigenvalue weighted by Gasteiger charge is -2.28. The van der Waals surface area contributed by atoms with E-state index in [4.69, 9.17) is 25.8 Å². The highest BCUT2D eigenvalue weighted by atomic mass is 35.5. The minimum absolute atomic E-state index is 0.0189. The molecule has 0 N–H and O–H groups in total. The Hall–Kier alpha value is -2.40. The van der Waals surface area contributed by atoms with Gasteiger partial charge in [0.05, 0.1) is 19.3 Å². The second-order valence-corrected chi connectivity index (χ2v) is 7.60.